The van der Waals surface area contributed by atoms with Crippen molar-refractivity contribution < 1.29 is 0 Å². The molecule has 80 valence electrons. The summed E-state index contributed by atoms with van der Waals surface area (Å²) in [6.07, 6.45) is 6.95. The molecule has 0 aliphatic rings. The van der Waals surface area contributed by atoms with Gasteiger partial charge in [-0.3, -0.25) is 0 Å². The average Bonchev–Trinajstić information content (AvgIpc) is 2.68. The highest BCUT2D eigenvalue weighted by Crippen LogP contribution is 2.09. The van der Waals surface area contributed by atoms with Crippen molar-refractivity contribution in [3.05, 3.63) is 18.7 Å². The number of nitrogens with one attached hydrogen (secondary N) is 1. The maximum atomic E-state index is 4.06. The maximum absolute atomic E-state index is 4.06. The van der Waals surface area contributed by atoms with Crippen LogP contribution in [0, 0.1) is 5.92 Å². The Morgan fingerprint density at radius 3 is 2.71 bits per heavy atom. The third-order valence-electron chi connectivity index (χ3n) is 2.76. The Kier molecular flexibility index (Phi) is 4.66. The molecule has 0 aliphatic heterocycles. The summed E-state index contributed by atoms with van der Waals surface area (Å²) >= 11 is 0. The van der Waals surface area contributed by atoms with E-state index in [0.717, 1.165) is 13.1 Å². The topological polar surface area (TPSA) is 29.9 Å². The van der Waals surface area contributed by atoms with E-state index in [0.29, 0.717) is 12.0 Å². The molecule has 2 unspecified atom stereocenters. The van der Waals surface area contributed by atoms with Crippen LogP contribution < -0.4 is 5.32 Å². The molecule has 0 saturated heterocycles. The van der Waals surface area contributed by atoms with Crippen LogP contribution in [0.1, 0.15) is 27.2 Å². The molecule has 0 saturated carbocycles. The molecule has 0 bridgehead atoms. The Morgan fingerprint density at radius 1 is 1.43 bits per heavy atom. The molecule has 3 heteroatoms. The smallest absolute Gasteiger partial charge is 0.0946 e. The molecule has 0 aliphatic carbocycles. The highest BCUT2D eigenvalue weighted by molar-refractivity contribution is 4.79. The molecule has 1 aromatic rings. The first-order chi connectivity index (χ1) is 6.77. The summed E-state index contributed by atoms with van der Waals surface area (Å²) < 4.78 is 2.14. The summed E-state index contributed by atoms with van der Waals surface area (Å²) in [6, 6.07) is 0.555. The Labute approximate surface area is 86.5 Å². The summed E-state index contributed by atoms with van der Waals surface area (Å²) in [5.74, 6) is 0.706. The van der Waals surface area contributed by atoms with Gasteiger partial charge in [0.15, 0.2) is 0 Å². The Hall–Kier alpha value is -0.830. The van der Waals surface area contributed by atoms with Crippen molar-refractivity contribution in [3.63, 3.8) is 0 Å². The van der Waals surface area contributed by atoms with Crippen LogP contribution in [-0.4, -0.2) is 22.1 Å². The van der Waals surface area contributed by atoms with Crippen molar-refractivity contribution in [3.8, 4) is 0 Å². The summed E-state index contributed by atoms with van der Waals surface area (Å²) in [7, 11) is 0. The predicted molar refractivity (Wildman–Crippen MR) is 59.1 cm³/mol. The van der Waals surface area contributed by atoms with E-state index < -0.39 is 0 Å². The van der Waals surface area contributed by atoms with Crippen LogP contribution in [0.5, 0.6) is 0 Å². The number of likely N-dealkylation sites (N-methyl/N-ethyl adjacent to an activating group) is 1. The number of nitrogens with zero attached hydrogens (tertiary/aromatic N) is 2. The van der Waals surface area contributed by atoms with E-state index in [1.165, 1.54) is 6.42 Å². The molecule has 14 heavy (non-hydrogen) atoms. The molecule has 0 fully saturated rings. The second-order valence-electron chi connectivity index (χ2n) is 3.81. The first-order valence-corrected chi connectivity index (χ1v) is 5.47. The second kappa shape index (κ2) is 5.81. The summed E-state index contributed by atoms with van der Waals surface area (Å²) in [6.45, 7) is 8.74. The lowest BCUT2D eigenvalue weighted by Gasteiger charge is -2.24. The van der Waals surface area contributed by atoms with Gasteiger partial charge in [-0.15, -0.1) is 0 Å². The zero-order chi connectivity index (χ0) is 10.4. The van der Waals surface area contributed by atoms with Crippen molar-refractivity contribution in [1.82, 2.24) is 14.9 Å². The minimum atomic E-state index is 0.555. The summed E-state index contributed by atoms with van der Waals surface area (Å²) in [5, 5.41) is 3.52. The van der Waals surface area contributed by atoms with Crippen molar-refractivity contribution in [2.75, 3.05) is 6.54 Å². The highest BCUT2D eigenvalue weighted by atomic mass is 15.1. The fourth-order valence-electron chi connectivity index (χ4n) is 1.61. The molecule has 0 radical (unpaired) electrons. The molecule has 0 amide bonds. The van der Waals surface area contributed by atoms with Gasteiger partial charge in [-0.2, -0.15) is 0 Å². The largest absolute Gasteiger partial charge is 0.336 e. The maximum Gasteiger partial charge on any atom is 0.0946 e. The minimum Gasteiger partial charge on any atom is -0.336 e. The molecule has 0 aromatic carbocycles. The van der Waals surface area contributed by atoms with Crippen LogP contribution in [0.2, 0.25) is 0 Å². The van der Waals surface area contributed by atoms with Crippen molar-refractivity contribution in [2.24, 2.45) is 5.92 Å². The number of hydrogen-bond donors (Lipinski definition) is 1. The van der Waals surface area contributed by atoms with Gasteiger partial charge in [-0.05, 0) is 12.5 Å². The number of rotatable bonds is 6. The van der Waals surface area contributed by atoms with E-state index in [4.69, 9.17) is 0 Å². The monoisotopic (exact) mass is 195 g/mol. The van der Waals surface area contributed by atoms with Gasteiger partial charge in [-0.1, -0.05) is 27.2 Å². The van der Waals surface area contributed by atoms with Crippen molar-refractivity contribution in [2.45, 2.75) is 39.8 Å². The van der Waals surface area contributed by atoms with Gasteiger partial charge in [-0.25, -0.2) is 4.98 Å². The zero-order valence-corrected chi connectivity index (χ0v) is 9.40. The lowest BCUT2D eigenvalue weighted by molar-refractivity contribution is 0.334. The highest BCUT2D eigenvalue weighted by Gasteiger charge is 2.14. The van der Waals surface area contributed by atoms with Crippen LogP contribution in [-0.2, 0) is 6.54 Å². The number of imidazole rings is 1. The van der Waals surface area contributed by atoms with E-state index in [2.05, 4.69) is 35.6 Å². The van der Waals surface area contributed by atoms with Gasteiger partial charge in [0, 0.05) is 25.0 Å². The van der Waals surface area contributed by atoms with Gasteiger partial charge in [0.05, 0.1) is 6.33 Å². The molecule has 1 heterocycles. The minimum absolute atomic E-state index is 0.555. The zero-order valence-electron chi connectivity index (χ0n) is 9.40. The number of aromatic nitrogens is 2. The molecule has 3 nitrogen and oxygen atoms in total. The number of hydrogen-bond acceptors (Lipinski definition) is 2. The average molecular weight is 195 g/mol. The fraction of sp³-hybridized carbons (Fsp3) is 0.727. The van der Waals surface area contributed by atoms with Gasteiger partial charge in [0.2, 0.25) is 0 Å². The predicted octanol–water partition coefficient (Wildman–Crippen LogP) is 1.91. The van der Waals surface area contributed by atoms with Crippen molar-refractivity contribution >= 4 is 0 Å². The van der Waals surface area contributed by atoms with Gasteiger partial charge in [0.1, 0.15) is 0 Å². The molecule has 1 aromatic heterocycles. The molecule has 1 rings (SSSR count). The van der Waals surface area contributed by atoms with Crippen LogP contribution in [0.15, 0.2) is 18.7 Å². The van der Waals surface area contributed by atoms with E-state index in [9.17, 15) is 0 Å². The molecule has 0 spiro atoms. The molecular weight excluding hydrogens is 174 g/mol. The molecular formula is C11H21N3. The lowest BCUT2D eigenvalue weighted by atomic mass is 9.99. The SMILES string of the molecule is CCNC(Cn1ccnc1)C(C)CC. The first-order valence-electron chi connectivity index (χ1n) is 5.47. The van der Waals surface area contributed by atoms with E-state index in [1.54, 1.807) is 0 Å². The van der Waals surface area contributed by atoms with Crippen LogP contribution in [0.3, 0.4) is 0 Å². The first kappa shape index (κ1) is 11.2. The molecule has 1 N–H and O–H groups in total. The lowest BCUT2D eigenvalue weighted by Crippen LogP contribution is -2.38. The quantitative estimate of drug-likeness (QED) is 0.751. The van der Waals surface area contributed by atoms with Gasteiger partial charge < -0.3 is 9.88 Å². The van der Waals surface area contributed by atoms with Gasteiger partial charge >= 0.3 is 0 Å². The van der Waals surface area contributed by atoms with Crippen LogP contribution >= 0.6 is 0 Å². The Bertz CT molecular complexity index is 231. The standard InChI is InChI=1S/C11H21N3/c1-4-10(3)11(13-5-2)8-14-7-6-12-9-14/h6-7,9-11,13H,4-5,8H2,1-3H3. The third-order valence-corrected chi connectivity index (χ3v) is 2.76. The van der Waals surface area contributed by atoms with E-state index >= 15 is 0 Å². The second-order valence-corrected chi connectivity index (χ2v) is 3.81. The van der Waals surface area contributed by atoms with Gasteiger partial charge in [0.25, 0.3) is 0 Å². The summed E-state index contributed by atoms with van der Waals surface area (Å²) in [4.78, 5) is 4.06. The van der Waals surface area contributed by atoms with E-state index in [1.807, 2.05) is 18.7 Å². The third kappa shape index (κ3) is 3.14. The molecule has 2 atom stereocenters. The van der Waals surface area contributed by atoms with Crippen molar-refractivity contribution in [1.29, 1.82) is 0 Å². The Balaban J connectivity index is 2.50. The van der Waals surface area contributed by atoms with Crippen LogP contribution in [0.25, 0.3) is 0 Å². The van der Waals surface area contributed by atoms with Crippen LogP contribution in [0.4, 0.5) is 0 Å². The fourth-order valence-corrected chi connectivity index (χ4v) is 1.61. The normalized spacial score (nSPS) is 15.4. The summed E-state index contributed by atoms with van der Waals surface area (Å²) in [5.41, 5.74) is 0. The Morgan fingerprint density at radius 2 is 2.21 bits per heavy atom. The van der Waals surface area contributed by atoms with E-state index in [-0.39, 0.29) is 0 Å².